The SMILES string of the molecule is CCC(C)(CCC(=O)O)NC(=O)OC(C)(C)C. The van der Waals surface area contributed by atoms with Gasteiger partial charge in [0.15, 0.2) is 0 Å². The zero-order chi connectivity index (χ0) is 13.7. The fraction of sp³-hybridized carbons (Fsp3) is 0.833. The summed E-state index contributed by atoms with van der Waals surface area (Å²) in [4.78, 5) is 22.1. The summed E-state index contributed by atoms with van der Waals surface area (Å²) < 4.78 is 5.14. The van der Waals surface area contributed by atoms with Crippen molar-refractivity contribution in [1.82, 2.24) is 5.32 Å². The Kier molecular flexibility index (Phi) is 5.45. The van der Waals surface area contributed by atoms with Crippen LogP contribution in [0.25, 0.3) is 0 Å². The molecule has 17 heavy (non-hydrogen) atoms. The Hall–Kier alpha value is -1.26. The molecule has 0 aliphatic carbocycles. The first-order valence-corrected chi connectivity index (χ1v) is 5.81. The first kappa shape index (κ1) is 15.7. The van der Waals surface area contributed by atoms with E-state index in [1.807, 2.05) is 13.8 Å². The van der Waals surface area contributed by atoms with Crippen molar-refractivity contribution < 1.29 is 19.4 Å². The first-order chi connectivity index (χ1) is 7.58. The molecule has 5 nitrogen and oxygen atoms in total. The van der Waals surface area contributed by atoms with Gasteiger partial charge in [-0.25, -0.2) is 4.79 Å². The van der Waals surface area contributed by atoms with Crippen LogP contribution < -0.4 is 5.32 Å². The molecule has 0 spiro atoms. The number of hydrogen-bond donors (Lipinski definition) is 2. The van der Waals surface area contributed by atoms with Crippen LogP contribution in [0.4, 0.5) is 4.79 Å². The maximum absolute atomic E-state index is 11.6. The molecule has 0 heterocycles. The lowest BCUT2D eigenvalue weighted by atomic mass is 9.93. The fourth-order valence-electron chi connectivity index (χ4n) is 1.26. The van der Waals surface area contributed by atoms with Crippen molar-refractivity contribution in [3.05, 3.63) is 0 Å². The van der Waals surface area contributed by atoms with E-state index in [-0.39, 0.29) is 6.42 Å². The Morgan fingerprint density at radius 1 is 1.24 bits per heavy atom. The van der Waals surface area contributed by atoms with E-state index < -0.39 is 23.2 Å². The van der Waals surface area contributed by atoms with Crippen LogP contribution in [0.5, 0.6) is 0 Å². The van der Waals surface area contributed by atoms with Crippen LogP contribution in [-0.2, 0) is 9.53 Å². The van der Waals surface area contributed by atoms with Crippen molar-refractivity contribution in [2.75, 3.05) is 0 Å². The maximum atomic E-state index is 11.6. The Morgan fingerprint density at radius 2 is 1.76 bits per heavy atom. The number of amides is 1. The summed E-state index contributed by atoms with van der Waals surface area (Å²) in [7, 11) is 0. The van der Waals surface area contributed by atoms with Gasteiger partial charge in [0.25, 0.3) is 0 Å². The van der Waals surface area contributed by atoms with Crippen molar-refractivity contribution in [3.8, 4) is 0 Å². The van der Waals surface area contributed by atoms with E-state index in [1.54, 1.807) is 20.8 Å². The molecule has 0 aromatic carbocycles. The standard InChI is InChI=1S/C12H23NO4/c1-6-12(5,8-7-9(14)15)13-10(16)17-11(2,3)4/h6-8H2,1-5H3,(H,13,16)(H,14,15). The zero-order valence-corrected chi connectivity index (χ0v) is 11.3. The van der Waals surface area contributed by atoms with E-state index in [2.05, 4.69) is 5.32 Å². The molecular weight excluding hydrogens is 222 g/mol. The average Bonchev–Trinajstić information content (AvgIpc) is 2.11. The fourth-order valence-corrected chi connectivity index (χ4v) is 1.26. The molecule has 100 valence electrons. The van der Waals surface area contributed by atoms with Crippen LogP contribution in [0.15, 0.2) is 0 Å². The molecule has 0 aromatic heterocycles. The molecule has 0 aliphatic rings. The highest BCUT2D eigenvalue weighted by atomic mass is 16.6. The minimum Gasteiger partial charge on any atom is -0.481 e. The summed E-state index contributed by atoms with van der Waals surface area (Å²) in [5.74, 6) is -0.865. The molecule has 1 amide bonds. The largest absolute Gasteiger partial charge is 0.481 e. The molecule has 0 saturated heterocycles. The minimum absolute atomic E-state index is 0.0279. The third-order valence-corrected chi connectivity index (χ3v) is 2.47. The molecule has 0 saturated carbocycles. The predicted octanol–water partition coefficient (Wildman–Crippen LogP) is 2.54. The number of carbonyl (C=O) groups excluding carboxylic acids is 1. The molecule has 0 aromatic rings. The number of aliphatic carboxylic acids is 1. The van der Waals surface area contributed by atoms with Gasteiger partial charge in [0.05, 0.1) is 0 Å². The number of hydrogen-bond acceptors (Lipinski definition) is 3. The van der Waals surface area contributed by atoms with Crippen molar-refractivity contribution in [1.29, 1.82) is 0 Å². The van der Waals surface area contributed by atoms with E-state index in [0.717, 1.165) is 0 Å². The molecule has 5 heteroatoms. The van der Waals surface area contributed by atoms with E-state index >= 15 is 0 Å². The van der Waals surface area contributed by atoms with Gasteiger partial charge < -0.3 is 15.2 Å². The second-order valence-electron chi connectivity index (χ2n) is 5.43. The van der Waals surface area contributed by atoms with Gasteiger partial charge in [0, 0.05) is 12.0 Å². The molecule has 0 rings (SSSR count). The first-order valence-electron chi connectivity index (χ1n) is 5.81. The lowest BCUT2D eigenvalue weighted by molar-refractivity contribution is -0.137. The number of rotatable bonds is 5. The van der Waals surface area contributed by atoms with Crippen molar-refractivity contribution >= 4 is 12.1 Å². The lowest BCUT2D eigenvalue weighted by Crippen LogP contribution is -2.47. The van der Waals surface area contributed by atoms with Crippen molar-refractivity contribution in [2.45, 2.75) is 65.0 Å². The zero-order valence-electron chi connectivity index (χ0n) is 11.3. The monoisotopic (exact) mass is 245 g/mol. The number of ether oxygens (including phenoxy) is 1. The summed E-state index contributed by atoms with van der Waals surface area (Å²) in [5.41, 5.74) is -1.09. The topological polar surface area (TPSA) is 75.6 Å². The number of carboxylic acid groups (broad SMARTS) is 1. The van der Waals surface area contributed by atoms with Crippen LogP contribution in [0.3, 0.4) is 0 Å². The predicted molar refractivity (Wildman–Crippen MR) is 64.9 cm³/mol. The third kappa shape index (κ3) is 7.60. The second kappa shape index (κ2) is 5.89. The number of alkyl carbamates (subject to hydrolysis) is 1. The normalized spacial score (nSPS) is 14.9. The Bertz CT molecular complexity index is 283. The van der Waals surface area contributed by atoms with Gasteiger partial charge in [-0.05, 0) is 40.5 Å². The third-order valence-electron chi connectivity index (χ3n) is 2.47. The Labute approximate surface area is 103 Å². The smallest absolute Gasteiger partial charge is 0.408 e. The number of nitrogens with one attached hydrogen (secondary N) is 1. The molecule has 0 bridgehead atoms. The summed E-state index contributed by atoms with van der Waals surface area (Å²) in [5, 5.41) is 11.4. The summed E-state index contributed by atoms with van der Waals surface area (Å²) in [6, 6.07) is 0. The molecule has 0 radical (unpaired) electrons. The van der Waals surface area contributed by atoms with Gasteiger partial charge in [0.2, 0.25) is 0 Å². The Balaban J connectivity index is 4.37. The van der Waals surface area contributed by atoms with Crippen LogP contribution >= 0.6 is 0 Å². The molecule has 0 fully saturated rings. The second-order valence-corrected chi connectivity index (χ2v) is 5.43. The highest BCUT2D eigenvalue weighted by molar-refractivity contribution is 5.69. The quantitative estimate of drug-likeness (QED) is 0.780. The van der Waals surface area contributed by atoms with Crippen LogP contribution in [0.2, 0.25) is 0 Å². The molecule has 1 atom stereocenters. The Morgan fingerprint density at radius 3 is 2.12 bits per heavy atom. The van der Waals surface area contributed by atoms with Gasteiger partial charge in [-0.15, -0.1) is 0 Å². The highest BCUT2D eigenvalue weighted by Crippen LogP contribution is 2.18. The van der Waals surface area contributed by atoms with Gasteiger partial charge >= 0.3 is 12.1 Å². The van der Waals surface area contributed by atoms with E-state index in [9.17, 15) is 9.59 Å². The van der Waals surface area contributed by atoms with Crippen LogP contribution in [0.1, 0.15) is 53.9 Å². The van der Waals surface area contributed by atoms with Gasteiger partial charge in [-0.2, -0.15) is 0 Å². The summed E-state index contributed by atoms with van der Waals surface area (Å²) in [6.07, 6.45) is 0.560. The number of carboxylic acids is 1. The van der Waals surface area contributed by atoms with Crippen molar-refractivity contribution in [3.63, 3.8) is 0 Å². The van der Waals surface area contributed by atoms with Crippen LogP contribution in [-0.4, -0.2) is 28.3 Å². The highest BCUT2D eigenvalue weighted by Gasteiger charge is 2.27. The minimum atomic E-state index is -0.865. The molecule has 1 unspecified atom stereocenters. The van der Waals surface area contributed by atoms with Crippen molar-refractivity contribution in [2.24, 2.45) is 0 Å². The van der Waals surface area contributed by atoms with Crippen LogP contribution in [0, 0.1) is 0 Å². The maximum Gasteiger partial charge on any atom is 0.408 e. The summed E-state index contributed by atoms with van der Waals surface area (Å²) >= 11 is 0. The van der Waals surface area contributed by atoms with Gasteiger partial charge in [0.1, 0.15) is 5.60 Å². The average molecular weight is 245 g/mol. The molecule has 2 N–H and O–H groups in total. The molecule has 0 aliphatic heterocycles. The summed E-state index contributed by atoms with van der Waals surface area (Å²) in [6.45, 7) is 9.08. The lowest BCUT2D eigenvalue weighted by Gasteiger charge is -2.30. The van der Waals surface area contributed by atoms with E-state index in [4.69, 9.17) is 9.84 Å². The van der Waals surface area contributed by atoms with E-state index in [1.165, 1.54) is 0 Å². The molecular formula is C12H23NO4. The van der Waals surface area contributed by atoms with Gasteiger partial charge in [-0.1, -0.05) is 6.92 Å². The number of carbonyl (C=O) groups is 2. The van der Waals surface area contributed by atoms with Gasteiger partial charge in [-0.3, -0.25) is 4.79 Å². The van der Waals surface area contributed by atoms with E-state index in [0.29, 0.717) is 12.8 Å².